The molecule has 0 saturated carbocycles. The molecule has 4 heteroatoms. The van der Waals surface area contributed by atoms with Gasteiger partial charge in [-0.25, -0.2) is 0 Å². The lowest BCUT2D eigenvalue weighted by molar-refractivity contribution is -0.121. The zero-order valence-corrected chi connectivity index (χ0v) is 10.1. The lowest BCUT2D eigenvalue weighted by Crippen LogP contribution is -2.31. The van der Waals surface area contributed by atoms with Gasteiger partial charge in [0.25, 0.3) is 0 Å². The van der Waals surface area contributed by atoms with Crippen molar-refractivity contribution in [1.82, 2.24) is 10.6 Å². The third-order valence-corrected chi connectivity index (χ3v) is 1.90. The molecule has 0 aliphatic rings. The van der Waals surface area contributed by atoms with Crippen LogP contribution in [0.25, 0.3) is 0 Å². The largest absolute Gasteiger partial charge is 0.382 e. The average Bonchev–Trinajstić information content (AvgIpc) is 2.17. The van der Waals surface area contributed by atoms with Crippen LogP contribution in [-0.2, 0) is 9.53 Å². The third-order valence-electron chi connectivity index (χ3n) is 1.90. The van der Waals surface area contributed by atoms with Gasteiger partial charge in [0.15, 0.2) is 0 Å². The fourth-order valence-corrected chi connectivity index (χ4v) is 1.11. The molecular weight excluding hydrogens is 192 g/mol. The van der Waals surface area contributed by atoms with E-state index in [-0.39, 0.29) is 5.91 Å². The number of carbonyl (C=O) groups is 1. The van der Waals surface area contributed by atoms with Gasteiger partial charge in [0, 0.05) is 38.8 Å². The summed E-state index contributed by atoms with van der Waals surface area (Å²) in [6.07, 6.45) is 1.43. The number of carbonyl (C=O) groups excluding carboxylic acids is 1. The van der Waals surface area contributed by atoms with Crippen molar-refractivity contribution < 1.29 is 9.53 Å². The number of ether oxygens (including phenoxy) is 1. The number of amides is 1. The second-order valence-corrected chi connectivity index (χ2v) is 3.76. The van der Waals surface area contributed by atoms with Crippen molar-refractivity contribution in [2.24, 2.45) is 0 Å². The Morgan fingerprint density at radius 2 is 2.07 bits per heavy atom. The third kappa shape index (κ3) is 11.3. The van der Waals surface area contributed by atoms with Crippen LogP contribution in [0.3, 0.4) is 0 Å². The molecule has 0 unspecified atom stereocenters. The van der Waals surface area contributed by atoms with Crippen LogP contribution in [-0.4, -0.2) is 38.3 Å². The highest BCUT2D eigenvalue weighted by Crippen LogP contribution is 1.84. The molecule has 1 amide bonds. The number of hydrogen-bond acceptors (Lipinski definition) is 3. The summed E-state index contributed by atoms with van der Waals surface area (Å²) >= 11 is 0. The van der Waals surface area contributed by atoms with E-state index < -0.39 is 0 Å². The van der Waals surface area contributed by atoms with Gasteiger partial charge in [-0.15, -0.1) is 0 Å². The first-order chi connectivity index (χ1) is 7.16. The van der Waals surface area contributed by atoms with Gasteiger partial charge in [-0.2, -0.15) is 0 Å². The monoisotopic (exact) mass is 216 g/mol. The standard InChI is InChI=1S/C11H24N2O2/c1-4-15-9-5-7-13-11(14)6-8-12-10(2)3/h10,12H,4-9H2,1-3H3,(H,13,14). The summed E-state index contributed by atoms with van der Waals surface area (Å²) in [6.45, 7) is 9.03. The van der Waals surface area contributed by atoms with Crippen molar-refractivity contribution in [3.63, 3.8) is 0 Å². The summed E-state index contributed by atoms with van der Waals surface area (Å²) in [6, 6.07) is 0.441. The molecule has 90 valence electrons. The molecule has 0 fully saturated rings. The fourth-order valence-electron chi connectivity index (χ4n) is 1.11. The van der Waals surface area contributed by atoms with E-state index in [1.165, 1.54) is 0 Å². The van der Waals surface area contributed by atoms with Crippen molar-refractivity contribution in [3.05, 3.63) is 0 Å². The molecule has 0 aromatic rings. The minimum Gasteiger partial charge on any atom is -0.382 e. The fraction of sp³-hybridized carbons (Fsp3) is 0.909. The zero-order valence-electron chi connectivity index (χ0n) is 10.1. The summed E-state index contributed by atoms with van der Waals surface area (Å²) in [4.78, 5) is 11.3. The molecule has 0 heterocycles. The van der Waals surface area contributed by atoms with Crippen molar-refractivity contribution in [1.29, 1.82) is 0 Å². The minimum absolute atomic E-state index is 0.111. The average molecular weight is 216 g/mol. The van der Waals surface area contributed by atoms with Crippen molar-refractivity contribution in [2.45, 2.75) is 39.7 Å². The molecule has 0 spiro atoms. The summed E-state index contributed by atoms with van der Waals surface area (Å²) in [5.41, 5.74) is 0. The maximum absolute atomic E-state index is 11.3. The second kappa shape index (κ2) is 9.93. The Morgan fingerprint density at radius 1 is 1.33 bits per heavy atom. The lowest BCUT2D eigenvalue weighted by Gasteiger charge is -2.08. The summed E-state index contributed by atoms with van der Waals surface area (Å²) in [5, 5.41) is 6.06. The van der Waals surface area contributed by atoms with E-state index in [2.05, 4.69) is 24.5 Å². The first-order valence-electron chi connectivity index (χ1n) is 5.74. The Morgan fingerprint density at radius 3 is 2.67 bits per heavy atom. The van der Waals surface area contributed by atoms with Crippen molar-refractivity contribution in [2.75, 3.05) is 26.3 Å². The Balaban J connectivity index is 3.19. The van der Waals surface area contributed by atoms with Crippen LogP contribution in [0.1, 0.15) is 33.6 Å². The first kappa shape index (κ1) is 14.4. The highest BCUT2D eigenvalue weighted by atomic mass is 16.5. The Bertz CT molecular complexity index is 161. The molecule has 0 aliphatic carbocycles. The van der Waals surface area contributed by atoms with Gasteiger partial charge in [-0.1, -0.05) is 13.8 Å². The van der Waals surface area contributed by atoms with Crippen molar-refractivity contribution >= 4 is 5.91 Å². The van der Waals surface area contributed by atoms with Gasteiger partial charge in [0.1, 0.15) is 0 Å². The molecule has 0 radical (unpaired) electrons. The minimum atomic E-state index is 0.111. The van der Waals surface area contributed by atoms with Crippen LogP contribution in [0.4, 0.5) is 0 Å². The van der Waals surface area contributed by atoms with Crippen LogP contribution in [0.15, 0.2) is 0 Å². The van der Waals surface area contributed by atoms with Crippen molar-refractivity contribution in [3.8, 4) is 0 Å². The summed E-state index contributed by atoms with van der Waals surface area (Å²) < 4.78 is 5.16. The van der Waals surface area contributed by atoms with Gasteiger partial charge < -0.3 is 15.4 Å². The SMILES string of the molecule is CCOCCCNC(=O)CCNC(C)C. The molecule has 4 nitrogen and oxygen atoms in total. The highest BCUT2D eigenvalue weighted by Gasteiger charge is 2.00. The summed E-state index contributed by atoms with van der Waals surface area (Å²) in [5.74, 6) is 0.111. The van der Waals surface area contributed by atoms with Crippen LogP contribution < -0.4 is 10.6 Å². The molecule has 0 aliphatic heterocycles. The van der Waals surface area contributed by atoms with E-state index in [0.29, 0.717) is 19.0 Å². The maximum atomic E-state index is 11.3. The van der Waals surface area contributed by atoms with Gasteiger partial charge in [0.05, 0.1) is 0 Å². The molecule has 15 heavy (non-hydrogen) atoms. The molecule has 0 aromatic carbocycles. The molecule has 2 N–H and O–H groups in total. The maximum Gasteiger partial charge on any atom is 0.221 e. The first-order valence-corrected chi connectivity index (χ1v) is 5.74. The van der Waals surface area contributed by atoms with E-state index in [1.807, 2.05) is 6.92 Å². The highest BCUT2D eigenvalue weighted by molar-refractivity contribution is 5.75. The number of nitrogens with one attached hydrogen (secondary N) is 2. The smallest absolute Gasteiger partial charge is 0.221 e. The Kier molecular flexibility index (Phi) is 9.52. The zero-order chi connectivity index (χ0) is 11.5. The van der Waals surface area contributed by atoms with E-state index in [4.69, 9.17) is 4.74 Å². The molecule has 0 bridgehead atoms. The van der Waals surface area contributed by atoms with E-state index in [9.17, 15) is 4.79 Å². The predicted octanol–water partition coefficient (Wildman–Crippen LogP) is 0.917. The molecule has 0 aromatic heterocycles. The normalized spacial score (nSPS) is 10.7. The molecule has 0 atom stereocenters. The topological polar surface area (TPSA) is 50.4 Å². The molecule has 0 saturated heterocycles. The summed E-state index contributed by atoms with van der Waals surface area (Å²) in [7, 11) is 0. The van der Waals surface area contributed by atoms with E-state index in [0.717, 1.165) is 26.2 Å². The van der Waals surface area contributed by atoms with Gasteiger partial charge in [-0.3, -0.25) is 4.79 Å². The second-order valence-electron chi connectivity index (χ2n) is 3.76. The van der Waals surface area contributed by atoms with Crippen LogP contribution in [0, 0.1) is 0 Å². The predicted molar refractivity (Wildman–Crippen MR) is 61.9 cm³/mol. The molecule has 0 rings (SSSR count). The van der Waals surface area contributed by atoms with E-state index in [1.54, 1.807) is 0 Å². The van der Waals surface area contributed by atoms with Crippen LogP contribution in [0.5, 0.6) is 0 Å². The molecular formula is C11H24N2O2. The van der Waals surface area contributed by atoms with Crippen LogP contribution in [0.2, 0.25) is 0 Å². The van der Waals surface area contributed by atoms with Gasteiger partial charge >= 0.3 is 0 Å². The lowest BCUT2D eigenvalue weighted by atomic mass is 10.3. The Labute approximate surface area is 92.8 Å². The number of rotatable bonds is 9. The van der Waals surface area contributed by atoms with E-state index >= 15 is 0 Å². The Hall–Kier alpha value is -0.610. The van der Waals surface area contributed by atoms with Gasteiger partial charge in [0.2, 0.25) is 5.91 Å². The number of hydrogen-bond donors (Lipinski definition) is 2. The van der Waals surface area contributed by atoms with Crippen LogP contribution >= 0.6 is 0 Å². The van der Waals surface area contributed by atoms with Gasteiger partial charge in [-0.05, 0) is 13.3 Å². The quantitative estimate of drug-likeness (QED) is 0.563.